The zero-order chi connectivity index (χ0) is 28.2. The summed E-state index contributed by atoms with van der Waals surface area (Å²) < 4.78 is 2.49. The molecule has 0 spiro atoms. The predicted molar refractivity (Wildman–Crippen MR) is 174 cm³/mol. The van der Waals surface area contributed by atoms with E-state index in [1.165, 1.54) is 66.4 Å². The van der Waals surface area contributed by atoms with E-state index in [1.807, 2.05) is 0 Å². The largest absolute Gasteiger partial charge is 0.308 e. The molecule has 1 nitrogen and oxygen atoms in total. The maximum Gasteiger partial charge on any atom is 0.0619 e. The molecule has 40 heavy (non-hydrogen) atoms. The molecule has 0 saturated carbocycles. The Morgan fingerprint density at radius 3 is 1.75 bits per heavy atom. The summed E-state index contributed by atoms with van der Waals surface area (Å²) in [5.41, 5.74) is 13.0. The molecular formula is C39H39N. The van der Waals surface area contributed by atoms with Crippen molar-refractivity contribution in [3.8, 4) is 27.9 Å². The fraction of sp³-hybridized carbons (Fsp3) is 0.231. The van der Waals surface area contributed by atoms with Crippen LogP contribution in [0.2, 0.25) is 0 Å². The lowest BCUT2D eigenvalue weighted by molar-refractivity contribution is 0.569. The van der Waals surface area contributed by atoms with Gasteiger partial charge in [-0.25, -0.2) is 0 Å². The van der Waals surface area contributed by atoms with E-state index in [-0.39, 0.29) is 10.8 Å². The van der Waals surface area contributed by atoms with Gasteiger partial charge >= 0.3 is 0 Å². The van der Waals surface area contributed by atoms with E-state index in [4.69, 9.17) is 0 Å². The van der Waals surface area contributed by atoms with Crippen molar-refractivity contribution in [2.45, 2.75) is 59.3 Å². The van der Waals surface area contributed by atoms with Crippen LogP contribution in [0.3, 0.4) is 0 Å². The quantitative estimate of drug-likeness (QED) is 0.218. The highest BCUT2D eigenvalue weighted by Crippen LogP contribution is 2.41. The molecule has 6 aromatic rings. The fourth-order valence-corrected chi connectivity index (χ4v) is 5.95. The SMILES string of the molecule is Cc1c(-c2cc(C(C)(C)C)cc(C(C)(C)C)c2)cccc1-n1c2ccccc2c2cccc(-c3ccccc3)c21. The number of nitrogens with zero attached hydrogens (tertiary/aromatic N) is 1. The Bertz CT molecular complexity index is 1820. The average molecular weight is 522 g/mol. The Hall–Kier alpha value is -4.10. The van der Waals surface area contributed by atoms with Crippen LogP contribution >= 0.6 is 0 Å². The topological polar surface area (TPSA) is 4.93 Å². The Balaban J connectivity index is 1.67. The van der Waals surface area contributed by atoms with Gasteiger partial charge in [0.15, 0.2) is 0 Å². The summed E-state index contributed by atoms with van der Waals surface area (Å²) in [4.78, 5) is 0. The van der Waals surface area contributed by atoms with Gasteiger partial charge in [-0.3, -0.25) is 0 Å². The maximum atomic E-state index is 2.49. The monoisotopic (exact) mass is 521 g/mol. The molecule has 1 heteroatoms. The highest BCUT2D eigenvalue weighted by molar-refractivity contribution is 6.13. The molecule has 1 aromatic heterocycles. The summed E-state index contributed by atoms with van der Waals surface area (Å²) in [6.45, 7) is 16.2. The number of rotatable bonds is 3. The van der Waals surface area contributed by atoms with Gasteiger partial charge < -0.3 is 4.57 Å². The van der Waals surface area contributed by atoms with Crippen molar-refractivity contribution in [2.75, 3.05) is 0 Å². The zero-order valence-electron chi connectivity index (χ0n) is 24.8. The smallest absolute Gasteiger partial charge is 0.0619 e. The van der Waals surface area contributed by atoms with E-state index in [9.17, 15) is 0 Å². The van der Waals surface area contributed by atoms with Crippen molar-refractivity contribution in [2.24, 2.45) is 0 Å². The Morgan fingerprint density at radius 1 is 0.500 bits per heavy atom. The van der Waals surface area contributed by atoms with Gasteiger partial charge in [0.2, 0.25) is 0 Å². The normalized spacial score (nSPS) is 12.4. The molecule has 0 amide bonds. The van der Waals surface area contributed by atoms with Crippen molar-refractivity contribution in [1.29, 1.82) is 0 Å². The molecule has 0 aliphatic heterocycles. The van der Waals surface area contributed by atoms with Crippen LogP contribution in [-0.4, -0.2) is 4.57 Å². The summed E-state index contributed by atoms with van der Waals surface area (Å²) >= 11 is 0. The molecule has 0 fully saturated rings. The summed E-state index contributed by atoms with van der Waals surface area (Å²) in [5.74, 6) is 0. The zero-order valence-corrected chi connectivity index (χ0v) is 24.8. The van der Waals surface area contributed by atoms with Crippen LogP contribution in [-0.2, 0) is 10.8 Å². The highest BCUT2D eigenvalue weighted by Gasteiger charge is 2.23. The summed E-state index contributed by atoms with van der Waals surface area (Å²) in [6, 6.07) is 40.3. The van der Waals surface area contributed by atoms with Gasteiger partial charge in [-0.1, -0.05) is 139 Å². The van der Waals surface area contributed by atoms with E-state index < -0.39 is 0 Å². The average Bonchev–Trinajstić information content (AvgIpc) is 3.27. The van der Waals surface area contributed by atoms with E-state index in [1.54, 1.807) is 0 Å². The van der Waals surface area contributed by atoms with Crippen LogP contribution in [0, 0.1) is 6.92 Å². The minimum Gasteiger partial charge on any atom is -0.308 e. The molecule has 0 aliphatic rings. The van der Waals surface area contributed by atoms with E-state index in [0.29, 0.717) is 0 Å². The van der Waals surface area contributed by atoms with Gasteiger partial charge in [0, 0.05) is 22.0 Å². The maximum absolute atomic E-state index is 2.49. The molecule has 0 atom stereocenters. The van der Waals surface area contributed by atoms with Crippen LogP contribution in [0.1, 0.15) is 58.2 Å². The molecule has 0 saturated heterocycles. The first kappa shape index (κ1) is 26.1. The van der Waals surface area contributed by atoms with Crippen LogP contribution in [0.5, 0.6) is 0 Å². The number of aromatic nitrogens is 1. The molecule has 0 N–H and O–H groups in total. The summed E-state index contributed by atoms with van der Waals surface area (Å²) in [6.07, 6.45) is 0. The predicted octanol–water partition coefficient (Wildman–Crippen LogP) is 11.0. The molecule has 0 radical (unpaired) electrons. The van der Waals surface area contributed by atoms with Crippen LogP contribution in [0.15, 0.2) is 109 Å². The van der Waals surface area contributed by atoms with Gasteiger partial charge in [-0.15, -0.1) is 0 Å². The minimum absolute atomic E-state index is 0.0684. The van der Waals surface area contributed by atoms with Crippen molar-refractivity contribution < 1.29 is 0 Å². The first-order valence-electron chi connectivity index (χ1n) is 14.4. The molecule has 6 rings (SSSR count). The second-order valence-electron chi connectivity index (χ2n) is 13.2. The third-order valence-electron chi connectivity index (χ3n) is 8.30. The van der Waals surface area contributed by atoms with Crippen molar-refractivity contribution in [1.82, 2.24) is 4.57 Å². The fourth-order valence-electron chi connectivity index (χ4n) is 5.95. The van der Waals surface area contributed by atoms with Crippen molar-refractivity contribution in [3.05, 3.63) is 126 Å². The summed E-state index contributed by atoms with van der Waals surface area (Å²) in [5, 5.41) is 2.57. The highest BCUT2D eigenvalue weighted by atomic mass is 15.0. The summed E-state index contributed by atoms with van der Waals surface area (Å²) in [7, 11) is 0. The van der Waals surface area contributed by atoms with E-state index in [0.717, 1.165) is 0 Å². The first-order chi connectivity index (χ1) is 19.0. The number of para-hydroxylation sites is 2. The first-order valence-corrected chi connectivity index (χ1v) is 14.4. The molecule has 1 heterocycles. The van der Waals surface area contributed by atoms with E-state index >= 15 is 0 Å². The Labute approximate surface area is 239 Å². The minimum atomic E-state index is 0.0684. The second-order valence-corrected chi connectivity index (χ2v) is 13.2. The molecule has 0 aliphatic carbocycles. The third-order valence-corrected chi connectivity index (χ3v) is 8.30. The molecule has 5 aromatic carbocycles. The standard InChI is InChI=1S/C39H39N/c1-26-31(28-23-29(38(2,3)4)25-30(24-28)39(5,6)7)18-14-22-35(26)40-36-21-12-11-17-33(36)34-20-13-19-32(37(34)40)27-15-9-8-10-16-27/h8-25H,1-7H3. The van der Waals surface area contributed by atoms with Crippen molar-refractivity contribution in [3.63, 3.8) is 0 Å². The van der Waals surface area contributed by atoms with Gasteiger partial charge in [0.1, 0.15) is 0 Å². The van der Waals surface area contributed by atoms with Crippen molar-refractivity contribution >= 4 is 21.8 Å². The lowest BCUT2D eigenvalue weighted by Gasteiger charge is -2.27. The molecule has 0 unspecified atom stereocenters. The third kappa shape index (κ3) is 4.44. The van der Waals surface area contributed by atoms with Crippen LogP contribution in [0.25, 0.3) is 49.7 Å². The van der Waals surface area contributed by atoms with Gasteiger partial charge in [0.25, 0.3) is 0 Å². The van der Waals surface area contributed by atoms with Crippen LogP contribution < -0.4 is 0 Å². The van der Waals surface area contributed by atoms with Crippen LogP contribution in [0.4, 0.5) is 0 Å². The van der Waals surface area contributed by atoms with E-state index in [2.05, 4.69) is 162 Å². The Morgan fingerprint density at radius 2 is 1.07 bits per heavy atom. The Kier molecular flexibility index (Phi) is 6.22. The van der Waals surface area contributed by atoms with Gasteiger partial charge in [-0.05, 0) is 63.3 Å². The number of hydrogen-bond acceptors (Lipinski definition) is 0. The van der Waals surface area contributed by atoms with Gasteiger partial charge in [-0.2, -0.15) is 0 Å². The lowest BCUT2D eigenvalue weighted by Crippen LogP contribution is -2.16. The second kappa shape index (κ2) is 9.52. The molecule has 0 bridgehead atoms. The lowest BCUT2D eigenvalue weighted by atomic mass is 9.78. The number of fused-ring (bicyclic) bond motifs is 3. The molecule has 200 valence electrons. The number of hydrogen-bond donors (Lipinski definition) is 0. The van der Waals surface area contributed by atoms with Gasteiger partial charge in [0.05, 0.1) is 11.0 Å². The molecular weight excluding hydrogens is 482 g/mol. The number of benzene rings is 5.